The van der Waals surface area contributed by atoms with Crippen LogP contribution < -0.4 is 10.9 Å². The van der Waals surface area contributed by atoms with E-state index in [1.807, 2.05) is 36.6 Å². The van der Waals surface area contributed by atoms with E-state index in [0.29, 0.717) is 28.4 Å². The number of nitrogens with zero attached hydrogens (tertiary/aromatic N) is 2. The Labute approximate surface area is 143 Å². The predicted octanol–water partition coefficient (Wildman–Crippen LogP) is 2.84. The van der Waals surface area contributed by atoms with Gasteiger partial charge in [0.2, 0.25) is 0 Å². The van der Waals surface area contributed by atoms with Gasteiger partial charge in [-0.05, 0) is 25.5 Å². The molecule has 0 radical (unpaired) electrons. The molecule has 1 aromatic rings. The molecule has 0 saturated carbocycles. The predicted molar refractivity (Wildman–Crippen MR) is 92.5 cm³/mol. The highest BCUT2D eigenvalue weighted by Gasteiger charge is 2.21. The molecule has 0 saturated heterocycles. The molecule has 2 aliphatic rings. The first-order valence-corrected chi connectivity index (χ1v) is 7.96. The lowest BCUT2D eigenvalue weighted by Crippen LogP contribution is -2.25. The number of H-pyrrole nitrogens is 1. The van der Waals surface area contributed by atoms with Gasteiger partial charge in [-0.2, -0.15) is 5.10 Å². The number of fused-ring (bicyclic) bond motifs is 1. The van der Waals surface area contributed by atoms with Crippen LogP contribution in [0.25, 0.3) is 11.3 Å². The highest BCUT2D eigenvalue weighted by molar-refractivity contribution is 6.31. The molecule has 0 unspecified atom stereocenters. The number of hydrogen-bond acceptors (Lipinski definition) is 3. The number of halogens is 1. The zero-order chi connectivity index (χ0) is 17.3. The summed E-state index contributed by atoms with van der Waals surface area (Å²) >= 11 is 6.10. The molecule has 0 aliphatic carbocycles. The summed E-state index contributed by atoms with van der Waals surface area (Å²) in [6, 6.07) is 7.42. The molecular formula is C17H17ClN4O2. The van der Waals surface area contributed by atoms with Gasteiger partial charge < -0.3 is 9.88 Å². The summed E-state index contributed by atoms with van der Waals surface area (Å²) in [5, 5.41) is 9.80. The van der Waals surface area contributed by atoms with Crippen LogP contribution in [0, 0.1) is 0 Å². The molecule has 0 aromatic heterocycles. The third-order valence-electron chi connectivity index (χ3n) is 3.82. The van der Waals surface area contributed by atoms with Gasteiger partial charge >= 0.3 is 0 Å². The normalized spacial score (nSPS) is 11.2. The molecule has 2 N–H and O–H groups in total. The monoisotopic (exact) mass is 344 g/mol. The third kappa shape index (κ3) is 3.05. The van der Waals surface area contributed by atoms with Crippen molar-refractivity contribution in [3.63, 3.8) is 0 Å². The Morgan fingerprint density at radius 3 is 2.79 bits per heavy atom. The SMILES string of the molecule is CC(C)n1cc(C(=O)NCc2ccccc2Cl)c2n[nH]c(=O)c-2c1. The highest BCUT2D eigenvalue weighted by atomic mass is 35.5. The lowest BCUT2D eigenvalue weighted by atomic mass is 10.1. The molecule has 0 spiro atoms. The van der Waals surface area contributed by atoms with Crippen LogP contribution in [0.5, 0.6) is 0 Å². The van der Waals surface area contributed by atoms with Crippen molar-refractivity contribution in [3.8, 4) is 11.3 Å². The quantitative estimate of drug-likeness (QED) is 0.763. The van der Waals surface area contributed by atoms with E-state index in [9.17, 15) is 9.59 Å². The van der Waals surface area contributed by atoms with Crippen molar-refractivity contribution in [2.75, 3.05) is 0 Å². The van der Waals surface area contributed by atoms with Crippen LogP contribution in [-0.4, -0.2) is 20.7 Å². The van der Waals surface area contributed by atoms with E-state index in [2.05, 4.69) is 15.5 Å². The third-order valence-corrected chi connectivity index (χ3v) is 4.19. The number of carbonyl (C=O) groups is 1. The maximum Gasteiger partial charge on any atom is 0.275 e. The second-order valence-corrected chi connectivity index (χ2v) is 6.21. The Balaban J connectivity index is 1.91. The van der Waals surface area contributed by atoms with Gasteiger partial charge in [-0.1, -0.05) is 29.8 Å². The molecule has 3 rings (SSSR count). The molecule has 7 heteroatoms. The van der Waals surface area contributed by atoms with Crippen molar-refractivity contribution in [2.24, 2.45) is 0 Å². The van der Waals surface area contributed by atoms with Crippen molar-refractivity contribution < 1.29 is 4.79 Å². The van der Waals surface area contributed by atoms with Crippen LogP contribution in [0.2, 0.25) is 5.02 Å². The van der Waals surface area contributed by atoms with E-state index in [-0.39, 0.29) is 17.5 Å². The summed E-state index contributed by atoms with van der Waals surface area (Å²) in [7, 11) is 0. The number of amides is 1. The summed E-state index contributed by atoms with van der Waals surface area (Å²) in [6.45, 7) is 4.24. The molecule has 1 amide bonds. The zero-order valence-corrected chi connectivity index (χ0v) is 14.1. The molecule has 2 heterocycles. The molecule has 0 atom stereocenters. The molecule has 124 valence electrons. The van der Waals surface area contributed by atoms with Gasteiger partial charge in [0.25, 0.3) is 11.5 Å². The fourth-order valence-corrected chi connectivity index (χ4v) is 2.64. The van der Waals surface area contributed by atoms with E-state index in [4.69, 9.17) is 11.6 Å². The standard InChI is InChI=1S/C17H17ClN4O2/c1-10(2)22-8-12(15-13(9-22)17(24)21-20-15)16(23)19-7-11-5-3-4-6-14(11)18/h3-6,8-10H,7H2,1-2H3,(H,19,23)(H,21,24). The number of rotatable bonds is 4. The Hall–Kier alpha value is -2.60. The van der Waals surface area contributed by atoms with E-state index in [1.54, 1.807) is 18.5 Å². The van der Waals surface area contributed by atoms with Gasteiger partial charge in [-0.3, -0.25) is 9.59 Å². The number of hydrogen-bond donors (Lipinski definition) is 2. The molecular weight excluding hydrogens is 328 g/mol. The Kier molecular flexibility index (Phi) is 4.40. The summed E-state index contributed by atoms with van der Waals surface area (Å²) < 4.78 is 1.82. The van der Waals surface area contributed by atoms with E-state index in [0.717, 1.165) is 5.56 Å². The summed E-state index contributed by atoms with van der Waals surface area (Å²) in [4.78, 5) is 24.5. The second-order valence-electron chi connectivity index (χ2n) is 5.80. The fourth-order valence-electron chi connectivity index (χ4n) is 2.43. The van der Waals surface area contributed by atoms with Crippen molar-refractivity contribution in [1.82, 2.24) is 20.1 Å². The number of pyridine rings is 1. The number of nitrogens with one attached hydrogen (secondary N) is 2. The average molecular weight is 345 g/mol. The molecule has 1 aromatic carbocycles. The van der Waals surface area contributed by atoms with Crippen LogP contribution in [-0.2, 0) is 6.54 Å². The van der Waals surface area contributed by atoms with Gasteiger partial charge in [-0.25, -0.2) is 5.10 Å². The zero-order valence-electron chi connectivity index (χ0n) is 13.3. The maximum absolute atomic E-state index is 12.6. The molecule has 0 bridgehead atoms. The number of benzene rings is 1. The number of aromatic amines is 1. The fraction of sp³-hybridized carbons (Fsp3) is 0.235. The second kappa shape index (κ2) is 6.49. The van der Waals surface area contributed by atoms with Crippen LogP contribution in [0.1, 0.15) is 35.8 Å². The van der Waals surface area contributed by atoms with E-state index < -0.39 is 0 Å². The van der Waals surface area contributed by atoms with Gasteiger partial charge in [0, 0.05) is 30.0 Å². The summed E-state index contributed by atoms with van der Waals surface area (Å²) in [5.74, 6) is -0.304. The molecule has 0 fully saturated rings. The van der Waals surface area contributed by atoms with Gasteiger partial charge in [-0.15, -0.1) is 0 Å². The summed E-state index contributed by atoms with van der Waals surface area (Å²) in [6.07, 6.45) is 3.41. The minimum atomic E-state index is -0.305. The van der Waals surface area contributed by atoms with Crippen LogP contribution in [0.3, 0.4) is 0 Å². The molecule has 6 nitrogen and oxygen atoms in total. The molecule has 2 aliphatic heterocycles. The molecule has 24 heavy (non-hydrogen) atoms. The van der Waals surface area contributed by atoms with Crippen LogP contribution in [0.15, 0.2) is 41.5 Å². The lowest BCUT2D eigenvalue weighted by molar-refractivity contribution is 0.0950. The first kappa shape index (κ1) is 16.3. The Bertz CT molecular complexity index is 913. The van der Waals surface area contributed by atoms with Gasteiger partial charge in [0.05, 0.1) is 11.1 Å². The Morgan fingerprint density at radius 1 is 1.33 bits per heavy atom. The first-order chi connectivity index (χ1) is 11.5. The lowest BCUT2D eigenvalue weighted by Gasteiger charge is -2.15. The number of aromatic nitrogens is 3. The van der Waals surface area contributed by atoms with Crippen molar-refractivity contribution >= 4 is 17.5 Å². The Morgan fingerprint density at radius 2 is 2.08 bits per heavy atom. The van der Waals surface area contributed by atoms with E-state index in [1.165, 1.54) is 0 Å². The van der Waals surface area contributed by atoms with E-state index >= 15 is 0 Å². The maximum atomic E-state index is 12.6. The van der Waals surface area contributed by atoms with Crippen LogP contribution in [0.4, 0.5) is 0 Å². The smallest absolute Gasteiger partial charge is 0.275 e. The minimum absolute atomic E-state index is 0.110. The highest BCUT2D eigenvalue weighted by Crippen LogP contribution is 2.22. The largest absolute Gasteiger partial charge is 0.350 e. The topological polar surface area (TPSA) is 79.8 Å². The van der Waals surface area contributed by atoms with Crippen LogP contribution >= 0.6 is 11.6 Å². The van der Waals surface area contributed by atoms with Gasteiger partial charge in [0.1, 0.15) is 5.69 Å². The summed E-state index contributed by atoms with van der Waals surface area (Å²) in [5.41, 5.74) is 1.64. The van der Waals surface area contributed by atoms with Gasteiger partial charge in [0.15, 0.2) is 0 Å². The van der Waals surface area contributed by atoms with Crippen molar-refractivity contribution in [1.29, 1.82) is 0 Å². The van der Waals surface area contributed by atoms with Crippen molar-refractivity contribution in [2.45, 2.75) is 26.4 Å². The average Bonchev–Trinajstić information content (AvgIpc) is 2.94. The number of carbonyl (C=O) groups excluding carboxylic acids is 1. The minimum Gasteiger partial charge on any atom is -0.350 e. The van der Waals surface area contributed by atoms with Crippen molar-refractivity contribution in [3.05, 3.63) is 63.2 Å². The first-order valence-electron chi connectivity index (χ1n) is 7.59.